The summed E-state index contributed by atoms with van der Waals surface area (Å²) in [6.07, 6.45) is 6.60. The summed E-state index contributed by atoms with van der Waals surface area (Å²) in [7, 11) is 0. The van der Waals surface area contributed by atoms with Crippen molar-refractivity contribution in [2.45, 2.75) is 52.5 Å². The molecular formula is C21H27N3O. The van der Waals surface area contributed by atoms with Crippen molar-refractivity contribution in [2.75, 3.05) is 16.8 Å². The van der Waals surface area contributed by atoms with E-state index >= 15 is 0 Å². The summed E-state index contributed by atoms with van der Waals surface area (Å²) in [5.74, 6) is -0.157. The van der Waals surface area contributed by atoms with E-state index in [1.54, 1.807) is 6.20 Å². The molecule has 0 radical (unpaired) electrons. The van der Waals surface area contributed by atoms with Crippen LogP contribution in [0.2, 0.25) is 0 Å². The third-order valence-electron chi connectivity index (χ3n) is 5.17. The summed E-state index contributed by atoms with van der Waals surface area (Å²) >= 11 is 0. The highest BCUT2D eigenvalue weighted by Crippen LogP contribution is 2.26. The Bertz CT molecular complexity index is 757. The minimum atomic E-state index is -0.157. The zero-order chi connectivity index (χ0) is 17.8. The van der Waals surface area contributed by atoms with Crippen LogP contribution in [0.1, 0.15) is 54.2 Å². The first-order valence-electron chi connectivity index (χ1n) is 9.19. The van der Waals surface area contributed by atoms with Crippen LogP contribution in [0.4, 0.5) is 11.4 Å². The predicted molar refractivity (Wildman–Crippen MR) is 103 cm³/mol. The predicted octanol–water partition coefficient (Wildman–Crippen LogP) is 4.72. The van der Waals surface area contributed by atoms with E-state index in [9.17, 15) is 4.79 Å². The van der Waals surface area contributed by atoms with Crippen LogP contribution in [-0.4, -0.2) is 23.5 Å². The Hall–Kier alpha value is -2.36. The van der Waals surface area contributed by atoms with Crippen LogP contribution in [0.25, 0.3) is 0 Å². The van der Waals surface area contributed by atoms with Crippen molar-refractivity contribution in [1.29, 1.82) is 0 Å². The van der Waals surface area contributed by atoms with Gasteiger partial charge in [-0.25, -0.2) is 0 Å². The number of aromatic nitrogens is 1. The number of anilines is 2. The molecule has 1 N–H and O–H groups in total. The summed E-state index contributed by atoms with van der Waals surface area (Å²) in [6, 6.07) is 10.4. The highest BCUT2D eigenvalue weighted by molar-refractivity contribution is 6.03. The maximum Gasteiger partial charge on any atom is 0.274 e. The van der Waals surface area contributed by atoms with Crippen LogP contribution < -0.4 is 10.2 Å². The van der Waals surface area contributed by atoms with E-state index < -0.39 is 0 Å². The Morgan fingerprint density at radius 1 is 1.20 bits per heavy atom. The lowest BCUT2D eigenvalue weighted by Crippen LogP contribution is -2.39. The average molecular weight is 337 g/mol. The highest BCUT2D eigenvalue weighted by atomic mass is 16.1. The van der Waals surface area contributed by atoms with Gasteiger partial charge in [0.25, 0.3) is 5.91 Å². The number of amides is 1. The second-order valence-electron chi connectivity index (χ2n) is 6.90. The Labute approximate surface area is 150 Å². The van der Waals surface area contributed by atoms with Gasteiger partial charge in [-0.15, -0.1) is 0 Å². The van der Waals surface area contributed by atoms with Gasteiger partial charge in [-0.05, 0) is 74.9 Å². The molecule has 1 unspecified atom stereocenters. The number of nitrogens with one attached hydrogen (secondary N) is 1. The fraction of sp³-hybridized carbons (Fsp3) is 0.429. The van der Waals surface area contributed by atoms with Gasteiger partial charge in [0.2, 0.25) is 0 Å². The fourth-order valence-corrected chi connectivity index (χ4v) is 3.50. The molecule has 1 fully saturated rings. The summed E-state index contributed by atoms with van der Waals surface area (Å²) in [5.41, 5.74) is 4.76. The standard InChI is InChI=1S/C21H27N3O/c1-4-18-7-5-6-12-24(18)19-10-11-22-20(14-19)21(25)23-17-9-8-15(2)16(3)13-17/h8-11,13-14,18H,4-7,12H2,1-3H3,(H,23,25). The van der Waals surface area contributed by atoms with Gasteiger partial charge >= 0.3 is 0 Å². The Kier molecular flexibility index (Phi) is 5.37. The molecule has 3 rings (SSSR count). The molecular weight excluding hydrogens is 310 g/mol. The molecule has 0 aliphatic carbocycles. The molecule has 132 valence electrons. The molecule has 1 saturated heterocycles. The normalized spacial score (nSPS) is 17.4. The van der Waals surface area contributed by atoms with Gasteiger partial charge in [0.1, 0.15) is 5.69 Å². The van der Waals surface area contributed by atoms with Crippen molar-refractivity contribution < 1.29 is 4.79 Å². The van der Waals surface area contributed by atoms with Gasteiger partial charge in [-0.3, -0.25) is 9.78 Å². The molecule has 4 nitrogen and oxygen atoms in total. The number of hydrogen-bond acceptors (Lipinski definition) is 3. The Balaban J connectivity index is 1.78. The number of piperidine rings is 1. The Morgan fingerprint density at radius 2 is 2.04 bits per heavy atom. The third-order valence-corrected chi connectivity index (χ3v) is 5.17. The first kappa shape index (κ1) is 17.5. The van der Waals surface area contributed by atoms with Gasteiger partial charge in [0.05, 0.1) is 0 Å². The number of carbonyl (C=O) groups is 1. The molecule has 1 aromatic heterocycles. The monoisotopic (exact) mass is 337 g/mol. The zero-order valence-corrected chi connectivity index (χ0v) is 15.4. The number of benzene rings is 1. The zero-order valence-electron chi connectivity index (χ0n) is 15.4. The number of nitrogens with zero attached hydrogens (tertiary/aromatic N) is 2. The van der Waals surface area contributed by atoms with Crippen molar-refractivity contribution in [2.24, 2.45) is 0 Å². The average Bonchev–Trinajstić information content (AvgIpc) is 2.64. The van der Waals surface area contributed by atoms with E-state index in [-0.39, 0.29) is 5.91 Å². The lowest BCUT2D eigenvalue weighted by molar-refractivity contribution is 0.102. The van der Waals surface area contributed by atoms with E-state index in [4.69, 9.17) is 0 Å². The summed E-state index contributed by atoms with van der Waals surface area (Å²) in [5, 5.41) is 2.96. The number of rotatable bonds is 4. The van der Waals surface area contributed by atoms with Crippen LogP contribution in [0, 0.1) is 13.8 Å². The SMILES string of the molecule is CCC1CCCCN1c1ccnc(C(=O)Nc2ccc(C)c(C)c2)c1. The third kappa shape index (κ3) is 4.01. The van der Waals surface area contributed by atoms with Crippen molar-refractivity contribution in [3.63, 3.8) is 0 Å². The van der Waals surface area contributed by atoms with E-state index in [0.29, 0.717) is 11.7 Å². The second-order valence-corrected chi connectivity index (χ2v) is 6.90. The van der Waals surface area contributed by atoms with Crippen molar-refractivity contribution in [3.8, 4) is 0 Å². The molecule has 4 heteroatoms. The number of pyridine rings is 1. The lowest BCUT2D eigenvalue weighted by Gasteiger charge is -2.37. The first-order chi connectivity index (χ1) is 12.1. The largest absolute Gasteiger partial charge is 0.368 e. The fourth-order valence-electron chi connectivity index (χ4n) is 3.50. The van der Waals surface area contributed by atoms with Crippen LogP contribution >= 0.6 is 0 Å². The Morgan fingerprint density at radius 3 is 2.80 bits per heavy atom. The lowest BCUT2D eigenvalue weighted by atomic mass is 9.99. The van der Waals surface area contributed by atoms with Crippen LogP contribution in [0.5, 0.6) is 0 Å². The minimum absolute atomic E-state index is 0.157. The highest BCUT2D eigenvalue weighted by Gasteiger charge is 2.22. The maximum absolute atomic E-state index is 12.6. The van der Waals surface area contributed by atoms with E-state index in [1.165, 1.54) is 30.4 Å². The maximum atomic E-state index is 12.6. The molecule has 1 aliphatic rings. The number of carbonyl (C=O) groups excluding carboxylic acids is 1. The van der Waals surface area contributed by atoms with Gasteiger partial charge in [-0.2, -0.15) is 0 Å². The van der Waals surface area contributed by atoms with Crippen LogP contribution in [0.3, 0.4) is 0 Å². The molecule has 1 atom stereocenters. The van der Waals surface area contributed by atoms with Crippen LogP contribution in [-0.2, 0) is 0 Å². The molecule has 25 heavy (non-hydrogen) atoms. The molecule has 1 aliphatic heterocycles. The summed E-state index contributed by atoms with van der Waals surface area (Å²) in [4.78, 5) is 19.3. The molecule has 0 spiro atoms. The van der Waals surface area contributed by atoms with E-state index in [0.717, 1.165) is 24.3 Å². The molecule has 2 heterocycles. The van der Waals surface area contributed by atoms with Gasteiger partial charge in [-0.1, -0.05) is 13.0 Å². The van der Waals surface area contributed by atoms with E-state index in [1.807, 2.05) is 37.3 Å². The van der Waals surface area contributed by atoms with E-state index in [2.05, 4.69) is 29.0 Å². The summed E-state index contributed by atoms with van der Waals surface area (Å²) < 4.78 is 0. The molecule has 0 saturated carbocycles. The number of hydrogen-bond donors (Lipinski definition) is 1. The van der Waals surface area contributed by atoms with Crippen molar-refractivity contribution in [1.82, 2.24) is 4.98 Å². The topological polar surface area (TPSA) is 45.2 Å². The molecule has 1 amide bonds. The second kappa shape index (κ2) is 7.68. The van der Waals surface area contributed by atoms with Crippen LogP contribution in [0.15, 0.2) is 36.5 Å². The van der Waals surface area contributed by atoms with Crippen molar-refractivity contribution >= 4 is 17.3 Å². The summed E-state index contributed by atoms with van der Waals surface area (Å²) in [6.45, 7) is 7.40. The minimum Gasteiger partial charge on any atom is -0.368 e. The molecule has 1 aromatic carbocycles. The van der Waals surface area contributed by atoms with Gasteiger partial charge in [0, 0.05) is 30.2 Å². The smallest absolute Gasteiger partial charge is 0.274 e. The van der Waals surface area contributed by atoms with Gasteiger partial charge in [0.15, 0.2) is 0 Å². The quantitative estimate of drug-likeness (QED) is 0.878. The first-order valence-corrected chi connectivity index (χ1v) is 9.19. The molecule has 0 bridgehead atoms. The number of aryl methyl sites for hydroxylation is 2. The van der Waals surface area contributed by atoms with Crippen molar-refractivity contribution in [3.05, 3.63) is 53.3 Å². The van der Waals surface area contributed by atoms with Gasteiger partial charge < -0.3 is 10.2 Å². The molecule has 2 aromatic rings.